The third-order valence-electron chi connectivity index (χ3n) is 4.83. The van der Waals surface area contributed by atoms with Crippen molar-refractivity contribution in [1.82, 2.24) is 4.57 Å². The van der Waals surface area contributed by atoms with Crippen molar-refractivity contribution in [2.45, 2.75) is 32.2 Å². The molecule has 1 aliphatic rings. The third kappa shape index (κ3) is 3.35. The normalized spacial score (nSPS) is 15.6. The molecule has 146 valence electrons. The van der Waals surface area contributed by atoms with Crippen molar-refractivity contribution >= 4 is 0 Å². The first-order chi connectivity index (χ1) is 13.5. The highest BCUT2D eigenvalue weighted by Crippen LogP contribution is 2.41. The summed E-state index contributed by atoms with van der Waals surface area (Å²) in [5.74, 6) is 0.285. The summed E-state index contributed by atoms with van der Waals surface area (Å²) in [7, 11) is 1.55. The fraction of sp³-hybridized carbons (Fsp3) is 0.333. The summed E-state index contributed by atoms with van der Waals surface area (Å²) in [6.45, 7) is 2.02. The average molecular weight is 381 g/mol. The van der Waals surface area contributed by atoms with E-state index in [0.717, 1.165) is 12.1 Å². The summed E-state index contributed by atoms with van der Waals surface area (Å²) in [5.41, 5.74) is 7.73. The molecule has 0 saturated carbocycles. The number of methoxy groups -OCH3 is 1. The summed E-state index contributed by atoms with van der Waals surface area (Å²) < 4.78 is 12.5. The molecule has 7 heteroatoms. The number of hydrogen-bond acceptors (Lipinski definition) is 6. The quantitative estimate of drug-likeness (QED) is 0.792. The summed E-state index contributed by atoms with van der Waals surface area (Å²) in [6.07, 6.45) is 1.49. The fourth-order valence-electron chi connectivity index (χ4n) is 3.58. The van der Waals surface area contributed by atoms with E-state index < -0.39 is 5.92 Å². The smallest absolute Gasteiger partial charge is 0.258 e. The monoisotopic (exact) mass is 381 g/mol. The number of aliphatic hydroxyl groups excluding tert-OH is 1. The maximum atomic E-state index is 13.4. The molecule has 1 aromatic heterocycles. The van der Waals surface area contributed by atoms with Crippen molar-refractivity contribution < 1.29 is 14.6 Å². The number of ether oxygens (including phenoxy) is 2. The number of nitriles is 1. The van der Waals surface area contributed by atoms with Gasteiger partial charge in [0.2, 0.25) is 5.88 Å². The Kier molecular flexibility index (Phi) is 5.71. The highest BCUT2D eigenvalue weighted by atomic mass is 16.5. The molecule has 1 unspecified atom stereocenters. The van der Waals surface area contributed by atoms with E-state index in [0.29, 0.717) is 29.0 Å². The highest BCUT2D eigenvalue weighted by molar-refractivity contribution is 5.56. The van der Waals surface area contributed by atoms with Gasteiger partial charge in [0, 0.05) is 18.3 Å². The molecule has 3 rings (SSSR count). The van der Waals surface area contributed by atoms with Gasteiger partial charge in [-0.15, -0.1) is 0 Å². The van der Waals surface area contributed by atoms with Crippen molar-refractivity contribution in [2.24, 2.45) is 5.73 Å². The SMILES string of the molecule is CCCc1cc2c(c(=O)n1CCO)C(c1cccc(OC)c1)C(C#N)=C(N)O2. The van der Waals surface area contributed by atoms with Crippen LogP contribution in [-0.4, -0.2) is 23.4 Å². The van der Waals surface area contributed by atoms with Gasteiger partial charge in [0.25, 0.3) is 5.56 Å². The Morgan fingerprint density at radius 3 is 2.82 bits per heavy atom. The lowest BCUT2D eigenvalue weighted by Crippen LogP contribution is -2.34. The summed E-state index contributed by atoms with van der Waals surface area (Å²) >= 11 is 0. The van der Waals surface area contributed by atoms with E-state index in [2.05, 4.69) is 6.07 Å². The van der Waals surface area contributed by atoms with E-state index >= 15 is 0 Å². The Morgan fingerprint density at radius 2 is 2.18 bits per heavy atom. The van der Waals surface area contributed by atoms with E-state index in [9.17, 15) is 15.2 Å². The van der Waals surface area contributed by atoms with Crippen LogP contribution in [0.3, 0.4) is 0 Å². The molecule has 0 aliphatic carbocycles. The lowest BCUT2D eigenvalue weighted by Gasteiger charge is -2.28. The molecule has 28 heavy (non-hydrogen) atoms. The number of aryl methyl sites for hydroxylation is 1. The molecule has 1 aromatic carbocycles. The largest absolute Gasteiger partial charge is 0.497 e. The Balaban J connectivity index is 2.30. The zero-order chi connectivity index (χ0) is 20.3. The fourth-order valence-corrected chi connectivity index (χ4v) is 3.58. The minimum absolute atomic E-state index is 0.00965. The number of benzene rings is 1. The maximum absolute atomic E-state index is 13.4. The Bertz CT molecular complexity index is 1020. The van der Waals surface area contributed by atoms with Gasteiger partial charge in [0.1, 0.15) is 23.1 Å². The van der Waals surface area contributed by atoms with Crippen LogP contribution in [0.2, 0.25) is 0 Å². The van der Waals surface area contributed by atoms with Gasteiger partial charge in [0.05, 0.1) is 25.2 Å². The number of nitrogens with zero attached hydrogens (tertiary/aromatic N) is 2. The van der Waals surface area contributed by atoms with Gasteiger partial charge >= 0.3 is 0 Å². The van der Waals surface area contributed by atoms with Crippen LogP contribution in [-0.2, 0) is 13.0 Å². The molecule has 2 aromatic rings. The van der Waals surface area contributed by atoms with Crippen LogP contribution >= 0.6 is 0 Å². The Morgan fingerprint density at radius 1 is 1.39 bits per heavy atom. The predicted molar refractivity (Wildman–Crippen MR) is 104 cm³/mol. The van der Waals surface area contributed by atoms with Crippen LogP contribution in [0.15, 0.2) is 46.6 Å². The van der Waals surface area contributed by atoms with Gasteiger partial charge in [0.15, 0.2) is 0 Å². The van der Waals surface area contributed by atoms with Crippen molar-refractivity contribution in [1.29, 1.82) is 5.26 Å². The van der Waals surface area contributed by atoms with Gasteiger partial charge in [-0.3, -0.25) is 4.79 Å². The zero-order valence-corrected chi connectivity index (χ0v) is 15.9. The molecule has 1 aliphatic heterocycles. The van der Waals surface area contributed by atoms with Crippen molar-refractivity contribution in [3.8, 4) is 17.6 Å². The lowest BCUT2D eigenvalue weighted by atomic mass is 9.84. The highest BCUT2D eigenvalue weighted by Gasteiger charge is 2.34. The van der Waals surface area contributed by atoms with E-state index in [4.69, 9.17) is 15.2 Å². The van der Waals surface area contributed by atoms with Crippen molar-refractivity contribution in [3.63, 3.8) is 0 Å². The molecule has 2 heterocycles. The lowest BCUT2D eigenvalue weighted by molar-refractivity contribution is 0.271. The topological polar surface area (TPSA) is 110 Å². The molecular formula is C21H23N3O4. The maximum Gasteiger partial charge on any atom is 0.258 e. The average Bonchev–Trinajstić information content (AvgIpc) is 2.70. The number of fused-ring (bicyclic) bond motifs is 1. The summed E-state index contributed by atoms with van der Waals surface area (Å²) in [5, 5.41) is 19.1. The molecule has 0 bridgehead atoms. The molecule has 0 saturated heterocycles. The minimum Gasteiger partial charge on any atom is -0.497 e. The number of aliphatic hydroxyl groups is 1. The Hall–Kier alpha value is -3.24. The first-order valence-corrected chi connectivity index (χ1v) is 9.14. The molecule has 0 radical (unpaired) electrons. The summed E-state index contributed by atoms with van der Waals surface area (Å²) in [6, 6.07) is 11.1. The molecular weight excluding hydrogens is 358 g/mol. The third-order valence-corrected chi connectivity index (χ3v) is 4.83. The van der Waals surface area contributed by atoms with Crippen LogP contribution < -0.4 is 20.8 Å². The molecule has 0 fully saturated rings. The summed E-state index contributed by atoms with van der Waals surface area (Å²) in [4.78, 5) is 13.4. The van der Waals surface area contributed by atoms with Gasteiger partial charge in [-0.05, 0) is 24.1 Å². The van der Waals surface area contributed by atoms with Crippen LogP contribution in [0.25, 0.3) is 0 Å². The first kappa shape index (κ1) is 19.5. The number of pyridine rings is 1. The van der Waals surface area contributed by atoms with E-state index in [1.807, 2.05) is 13.0 Å². The van der Waals surface area contributed by atoms with Gasteiger partial charge in [-0.2, -0.15) is 5.26 Å². The molecule has 0 amide bonds. The van der Waals surface area contributed by atoms with Crippen molar-refractivity contribution in [2.75, 3.05) is 13.7 Å². The second-order valence-corrected chi connectivity index (χ2v) is 6.55. The van der Waals surface area contributed by atoms with E-state index in [1.165, 1.54) is 0 Å². The second-order valence-electron chi connectivity index (χ2n) is 6.55. The predicted octanol–water partition coefficient (Wildman–Crippen LogP) is 2.02. The van der Waals surface area contributed by atoms with Crippen LogP contribution in [0, 0.1) is 11.3 Å². The Labute approximate surface area is 163 Å². The number of hydrogen-bond donors (Lipinski definition) is 2. The van der Waals surface area contributed by atoms with Crippen LogP contribution in [0.4, 0.5) is 0 Å². The van der Waals surface area contributed by atoms with Gasteiger partial charge < -0.3 is 24.9 Å². The van der Waals surface area contributed by atoms with Gasteiger partial charge in [-0.1, -0.05) is 25.5 Å². The van der Waals surface area contributed by atoms with Crippen molar-refractivity contribution in [3.05, 3.63) is 69.0 Å². The molecule has 7 nitrogen and oxygen atoms in total. The van der Waals surface area contributed by atoms with Gasteiger partial charge in [-0.25, -0.2) is 0 Å². The van der Waals surface area contributed by atoms with Crippen LogP contribution in [0.1, 0.15) is 36.1 Å². The standard InChI is InChI=1S/C21H23N3O4/c1-3-5-14-11-17-19(21(26)24(14)8-9-25)18(16(12-22)20(23)28-17)13-6-4-7-15(10-13)27-2/h4,6-7,10-11,18,25H,3,5,8-9,23H2,1-2H3. The zero-order valence-electron chi connectivity index (χ0n) is 15.9. The number of aromatic nitrogens is 1. The molecule has 1 atom stereocenters. The second kappa shape index (κ2) is 8.19. The number of rotatable bonds is 6. The minimum atomic E-state index is -0.669. The van der Waals surface area contributed by atoms with E-state index in [1.54, 1.807) is 35.9 Å². The van der Waals surface area contributed by atoms with E-state index in [-0.39, 0.29) is 30.2 Å². The number of nitrogens with two attached hydrogens (primary N) is 1. The van der Waals surface area contributed by atoms with Crippen LogP contribution in [0.5, 0.6) is 11.5 Å². The first-order valence-electron chi connectivity index (χ1n) is 9.14. The molecule has 3 N–H and O–H groups in total. The molecule has 0 spiro atoms. The number of allylic oxidation sites excluding steroid dienone is 1.